The molecular formula is C13H23ClN2O. The van der Waals surface area contributed by atoms with E-state index in [0.717, 1.165) is 25.9 Å². The minimum atomic E-state index is 0. The van der Waals surface area contributed by atoms with Crippen LogP contribution in [0.25, 0.3) is 0 Å². The van der Waals surface area contributed by atoms with Crippen molar-refractivity contribution in [1.82, 2.24) is 4.90 Å². The quantitative estimate of drug-likeness (QED) is 0.780. The van der Waals surface area contributed by atoms with E-state index in [2.05, 4.69) is 4.90 Å². The summed E-state index contributed by atoms with van der Waals surface area (Å²) < 4.78 is 0. The van der Waals surface area contributed by atoms with E-state index in [1.165, 1.54) is 25.7 Å². The SMILES string of the molecule is Cl.NC1CCC2CN(C(=O)C3CCCC3)CC12. The molecule has 0 bridgehead atoms. The van der Waals surface area contributed by atoms with E-state index in [4.69, 9.17) is 5.73 Å². The second-order valence-corrected chi connectivity index (χ2v) is 5.89. The van der Waals surface area contributed by atoms with Gasteiger partial charge in [0.05, 0.1) is 0 Å². The molecule has 3 aliphatic rings. The van der Waals surface area contributed by atoms with Gasteiger partial charge in [-0.2, -0.15) is 0 Å². The van der Waals surface area contributed by atoms with Crippen LogP contribution in [0.5, 0.6) is 0 Å². The molecule has 2 aliphatic carbocycles. The van der Waals surface area contributed by atoms with Crippen LogP contribution < -0.4 is 5.73 Å². The maximum atomic E-state index is 12.3. The molecule has 3 nitrogen and oxygen atoms in total. The summed E-state index contributed by atoms with van der Waals surface area (Å²) in [6.45, 7) is 1.94. The molecule has 2 saturated carbocycles. The maximum absolute atomic E-state index is 12.3. The van der Waals surface area contributed by atoms with Crippen molar-refractivity contribution in [2.45, 2.75) is 44.6 Å². The number of amides is 1. The van der Waals surface area contributed by atoms with Crippen LogP contribution in [-0.2, 0) is 4.79 Å². The van der Waals surface area contributed by atoms with Gasteiger partial charge in [-0.15, -0.1) is 12.4 Å². The minimum absolute atomic E-state index is 0. The largest absolute Gasteiger partial charge is 0.342 e. The predicted molar refractivity (Wildman–Crippen MR) is 70.0 cm³/mol. The van der Waals surface area contributed by atoms with Crippen LogP contribution in [0.15, 0.2) is 0 Å². The minimum Gasteiger partial charge on any atom is -0.342 e. The first-order chi connectivity index (χ1) is 7.75. The summed E-state index contributed by atoms with van der Waals surface area (Å²) in [7, 11) is 0. The molecule has 3 fully saturated rings. The van der Waals surface area contributed by atoms with Crippen molar-refractivity contribution < 1.29 is 4.79 Å². The van der Waals surface area contributed by atoms with E-state index in [1.54, 1.807) is 0 Å². The number of rotatable bonds is 1. The zero-order valence-corrected chi connectivity index (χ0v) is 11.1. The van der Waals surface area contributed by atoms with Crippen LogP contribution in [-0.4, -0.2) is 29.9 Å². The van der Waals surface area contributed by atoms with E-state index in [9.17, 15) is 4.79 Å². The molecule has 17 heavy (non-hydrogen) atoms. The Morgan fingerprint density at radius 2 is 1.76 bits per heavy atom. The summed E-state index contributed by atoms with van der Waals surface area (Å²) in [5.41, 5.74) is 6.10. The lowest BCUT2D eigenvalue weighted by atomic mass is 9.98. The van der Waals surface area contributed by atoms with Gasteiger partial charge < -0.3 is 10.6 Å². The van der Waals surface area contributed by atoms with Gasteiger partial charge in [-0.1, -0.05) is 12.8 Å². The van der Waals surface area contributed by atoms with Crippen LogP contribution >= 0.6 is 12.4 Å². The van der Waals surface area contributed by atoms with Gasteiger partial charge in [-0.05, 0) is 37.5 Å². The van der Waals surface area contributed by atoms with E-state index >= 15 is 0 Å². The number of carbonyl (C=O) groups is 1. The highest BCUT2D eigenvalue weighted by molar-refractivity contribution is 5.85. The molecule has 2 N–H and O–H groups in total. The van der Waals surface area contributed by atoms with Crippen molar-refractivity contribution in [3.63, 3.8) is 0 Å². The molecule has 1 heterocycles. The highest BCUT2D eigenvalue weighted by Gasteiger charge is 2.43. The van der Waals surface area contributed by atoms with Crippen LogP contribution in [0.2, 0.25) is 0 Å². The first-order valence-corrected chi connectivity index (χ1v) is 6.80. The Morgan fingerprint density at radius 3 is 2.41 bits per heavy atom. The number of hydrogen-bond donors (Lipinski definition) is 1. The van der Waals surface area contributed by atoms with Gasteiger partial charge in [0.1, 0.15) is 0 Å². The molecule has 1 saturated heterocycles. The molecule has 1 amide bonds. The third kappa shape index (κ3) is 2.32. The number of likely N-dealkylation sites (tertiary alicyclic amines) is 1. The van der Waals surface area contributed by atoms with Crippen LogP contribution in [0.4, 0.5) is 0 Å². The molecule has 0 aromatic rings. The van der Waals surface area contributed by atoms with E-state index < -0.39 is 0 Å². The fourth-order valence-corrected chi connectivity index (χ4v) is 3.92. The topological polar surface area (TPSA) is 46.3 Å². The Labute approximate surface area is 110 Å². The van der Waals surface area contributed by atoms with Gasteiger partial charge in [0.15, 0.2) is 0 Å². The average Bonchev–Trinajstić information content (AvgIpc) is 2.96. The second-order valence-electron chi connectivity index (χ2n) is 5.89. The first-order valence-electron chi connectivity index (χ1n) is 6.80. The van der Waals surface area contributed by atoms with Crippen LogP contribution in [0.1, 0.15) is 38.5 Å². The fourth-order valence-electron chi connectivity index (χ4n) is 3.92. The van der Waals surface area contributed by atoms with E-state index in [-0.39, 0.29) is 12.4 Å². The van der Waals surface area contributed by atoms with Gasteiger partial charge >= 0.3 is 0 Å². The highest BCUT2D eigenvalue weighted by Crippen LogP contribution is 2.38. The van der Waals surface area contributed by atoms with Gasteiger partial charge in [-0.3, -0.25) is 4.79 Å². The van der Waals surface area contributed by atoms with Crippen molar-refractivity contribution in [2.24, 2.45) is 23.5 Å². The molecule has 1 aliphatic heterocycles. The summed E-state index contributed by atoms with van der Waals surface area (Å²) in [5, 5.41) is 0. The normalized spacial score (nSPS) is 37.0. The Bertz CT molecular complexity index is 291. The third-order valence-electron chi connectivity index (χ3n) is 4.93. The Kier molecular flexibility index (Phi) is 3.99. The molecule has 4 heteroatoms. The molecule has 3 rings (SSSR count). The van der Waals surface area contributed by atoms with Gasteiger partial charge in [0, 0.05) is 25.0 Å². The summed E-state index contributed by atoms with van der Waals surface area (Å²) in [6.07, 6.45) is 7.14. The monoisotopic (exact) mass is 258 g/mol. The number of hydrogen-bond acceptors (Lipinski definition) is 2. The summed E-state index contributed by atoms with van der Waals surface area (Å²) in [6, 6.07) is 0.353. The summed E-state index contributed by atoms with van der Waals surface area (Å²) >= 11 is 0. The zero-order chi connectivity index (χ0) is 11.1. The van der Waals surface area contributed by atoms with Crippen LogP contribution in [0.3, 0.4) is 0 Å². The lowest BCUT2D eigenvalue weighted by molar-refractivity contribution is -0.134. The number of fused-ring (bicyclic) bond motifs is 1. The molecule has 0 aromatic carbocycles. The van der Waals surface area contributed by atoms with Crippen molar-refractivity contribution in [2.75, 3.05) is 13.1 Å². The summed E-state index contributed by atoms with van der Waals surface area (Å²) in [5.74, 6) is 2.08. The Morgan fingerprint density at radius 1 is 1.06 bits per heavy atom. The van der Waals surface area contributed by atoms with Crippen molar-refractivity contribution in [3.8, 4) is 0 Å². The van der Waals surface area contributed by atoms with Gasteiger partial charge in [0.2, 0.25) is 5.91 Å². The summed E-state index contributed by atoms with van der Waals surface area (Å²) in [4.78, 5) is 14.4. The molecule has 0 aromatic heterocycles. The fraction of sp³-hybridized carbons (Fsp3) is 0.923. The second kappa shape index (κ2) is 5.15. The number of nitrogens with zero attached hydrogens (tertiary/aromatic N) is 1. The molecule has 3 unspecified atom stereocenters. The van der Waals surface area contributed by atoms with E-state index in [1.807, 2.05) is 0 Å². The first kappa shape index (κ1) is 13.2. The van der Waals surface area contributed by atoms with Crippen molar-refractivity contribution >= 4 is 18.3 Å². The van der Waals surface area contributed by atoms with Crippen LogP contribution in [0, 0.1) is 17.8 Å². The van der Waals surface area contributed by atoms with Crippen molar-refractivity contribution in [3.05, 3.63) is 0 Å². The van der Waals surface area contributed by atoms with Gasteiger partial charge in [0.25, 0.3) is 0 Å². The lowest BCUT2D eigenvalue weighted by Crippen LogP contribution is -2.36. The maximum Gasteiger partial charge on any atom is 0.225 e. The highest BCUT2D eigenvalue weighted by atomic mass is 35.5. The third-order valence-corrected chi connectivity index (χ3v) is 4.93. The predicted octanol–water partition coefficient (Wildman–Crippen LogP) is 1.79. The Balaban J connectivity index is 0.00000108. The standard InChI is InChI=1S/C13H22N2O.ClH/c14-12-6-5-10-7-15(8-11(10)12)13(16)9-3-1-2-4-9;/h9-12H,1-8,14H2;1H. The van der Waals surface area contributed by atoms with Gasteiger partial charge in [-0.25, -0.2) is 0 Å². The number of carbonyl (C=O) groups excluding carboxylic acids is 1. The average molecular weight is 259 g/mol. The molecule has 3 atom stereocenters. The lowest BCUT2D eigenvalue weighted by Gasteiger charge is -2.22. The Hall–Kier alpha value is -0.280. The molecule has 0 spiro atoms. The smallest absolute Gasteiger partial charge is 0.225 e. The molecule has 98 valence electrons. The van der Waals surface area contributed by atoms with E-state index in [0.29, 0.717) is 29.7 Å². The molecule has 0 radical (unpaired) electrons. The van der Waals surface area contributed by atoms with Crippen molar-refractivity contribution in [1.29, 1.82) is 0 Å². The number of halogens is 1. The number of nitrogens with two attached hydrogens (primary N) is 1. The zero-order valence-electron chi connectivity index (χ0n) is 10.3. The molecular weight excluding hydrogens is 236 g/mol.